The standard InChI is InChI=1S/C18H19N3O2S2/c22-16(19-11-5-13-24-14-6-2-1-3-7-14)9-10-17-20-18(21-23-17)15-8-4-12-25-15/h1-4,6-8,12H,5,9-11,13H2,(H,19,22). The van der Waals surface area contributed by atoms with Crippen molar-refractivity contribution < 1.29 is 9.32 Å². The summed E-state index contributed by atoms with van der Waals surface area (Å²) in [6.45, 7) is 0.683. The van der Waals surface area contributed by atoms with E-state index in [2.05, 4.69) is 27.6 Å². The highest BCUT2D eigenvalue weighted by Gasteiger charge is 2.11. The predicted octanol–water partition coefficient (Wildman–Crippen LogP) is 4.03. The molecule has 0 aliphatic carbocycles. The lowest BCUT2D eigenvalue weighted by atomic mass is 10.3. The molecule has 25 heavy (non-hydrogen) atoms. The van der Waals surface area contributed by atoms with Crippen LogP contribution in [-0.4, -0.2) is 28.3 Å². The van der Waals surface area contributed by atoms with E-state index in [4.69, 9.17) is 4.52 Å². The molecule has 0 atom stereocenters. The minimum absolute atomic E-state index is 0.0144. The number of hydrogen-bond acceptors (Lipinski definition) is 6. The lowest BCUT2D eigenvalue weighted by molar-refractivity contribution is -0.121. The van der Waals surface area contributed by atoms with Gasteiger partial charge in [-0.3, -0.25) is 4.79 Å². The molecule has 1 amide bonds. The zero-order valence-corrected chi connectivity index (χ0v) is 15.3. The Kier molecular flexibility index (Phi) is 6.64. The van der Waals surface area contributed by atoms with Crippen molar-refractivity contribution in [2.75, 3.05) is 12.3 Å². The first-order valence-corrected chi connectivity index (χ1v) is 9.99. The summed E-state index contributed by atoms with van der Waals surface area (Å²) in [7, 11) is 0. The third kappa shape index (κ3) is 5.72. The van der Waals surface area contributed by atoms with Gasteiger partial charge in [-0.25, -0.2) is 0 Å². The molecule has 3 aromatic rings. The van der Waals surface area contributed by atoms with E-state index < -0.39 is 0 Å². The molecule has 2 aromatic heterocycles. The molecule has 0 saturated carbocycles. The highest BCUT2D eigenvalue weighted by molar-refractivity contribution is 7.99. The molecular weight excluding hydrogens is 354 g/mol. The van der Waals surface area contributed by atoms with Gasteiger partial charge in [0.2, 0.25) is 17.6 Å². The maximum atomic E-state index is 11.9. The highest BCUT2D eigenvalue weighted by atomic mass is 32.2. The van der Waals surface area contributed by atoms with Gasteiger partial charge >= 0.3 is 0 Å². The van der Waals surface area contributed by atoms with Crippen molar-refractivity contribution in [1.29, 1.82) is 0 Å². The molecule has 0 spiro atoms. The number of aromatic nitrogens is 2. The molecule has 1 aromatic carbocycles. The van der Waals surface area contributed by atoms with Gasteiger partial charge in [0, 0.05) is 24.3 Å². The second-order valence-corrected chi connectivity index (χ2v) is 7.47. The van der Waals surface area contributed by atoms with Crippen LogP contribution in [0.15, 0.2) is 57.3 Å². The van der Waals surface area contributed by atoms with Crippen LogP contribution in [0.1, 0.15) is 18.7 Å². The van der Waals surface area contributed by atoms with E-state index in [-0.39, 0.29) is 5.91 Å². The Morgan fingerprint density at radius 2 is 2.08 bits per heavy atom. The number of nitrogens with zero attached hydrogens (tertiary/aromatic N) is 2. The summed E-state index contributed by atoms with van der Waals surface area (Å²) in [4.78, 5) is 18.4. The Hall–Kier alpha value is -2.12. The summed E-state index contributed by atoms with van der Waals surface area (Å²) >= 11 is 3.36. The minimum Gasteiger partial charge on any atom is -0.356 e. The summed E-state index contributed by atoms with van der Waals surface area (Å²) in [6.07, 6.45) is 1.76. The maximum Gasteiger partial charge on any atom is 0.227 e. The summed E-state index contributed by atoms with van der Waals surface area (Å²) in [5.41, 5.74) is 0. The van der Waals surface area contributed by atoms with Gasteiger partial charge in [-0.15, -0.1) is 23.1 Å². The van der Waals surface area contributed by atoms with Crippen molar-refractivity contribution >= 4 is 29.0 Å². The Balaban J connectivity index is 1.30. The molecule has 0 unspecified atom stereocenters. The number of rotatable bonds is 9. The van der Waals surface area contributed by atoms with Gasteiger partial charge in [0.05, 0.1) is 4.88 Å². The van der Waals surface area contributed by atoms with Crippen LogP contribution in [0.5, 0.6) is 0 Å². The van der Waals surface area contributed by atoms with Crippen molar-refractivity contribution in [3.05, 3.63) is 53.7 Å². The zero-order valence-electron chi connectivity index (χ0n) is 13.7. The molecule has 0 saturated heterocycles. The first-order valence-electron chi connectivity index (χ1n) is 8.12. The quantitative estimate of drug-likeness (QED) is 0.453. The van der Waals surface area contributed by atoms with E-state index in [1.807, 2.05) is 35.7 Å². The summed E-state index contributed by atoms with van der Waals surface area (Å²) in [6, 6.07) is 14.2. The monoisotopic (exact) mass is 373 g/mol. The van der Waals surface area contributed by atoms with Crippen LogP contribution in [-0.2, 0) is 11.2 Å². The van der Waals surface area contributed by atoms with Crippen LogP contribution >= 0.6 is 23.1 Å². The van der Waals surface area contributed by atoms with Gasteiger partial charge in [0.1, 0.15) is 0 Å². The fourth-order valence-corrected chi connectivity index (χ4v) is 3.70. The SMILES string of the molecule is O=C(CCc1nc(-c2cccs2)no1)NCCCSc1ccccc1. The predicted molar refractivity (Wildman–Crippen MR) is 101 cm³/mol. The highest BCUT2D eigenvalue weighted by Crippen LogP contribution is 2.21. The van der Waals surface area contributed by atoms with Gasteiger partial charge in [-0.05, 0) is 35.8 Å². The molecule has 1 N–H and O–H groups in total. The molecular formula is C18H19N3O2S2. The molecule has 5 nitrogen and oxygen atoms in total. The second kappa shape index (κ2) is 9.39. The van der Waals surface area contributed by atoms with Crippen LogP contribution in [0.25, 0.3) is 10.7 Å². The smallest absolute Gasteiger partial charge is 0.227 e. The third-order valence-electron chi connectivity index (χ3n) is 3.43. The van der Waals surface area contributed by atoms with E-state index in [9.17, 15) is 4.79 Å². The maximum absolute atomic E-state index is 11.9. The van der Waals surface area contributed by atoms with Gasteiger partial charge in [-0.2, -0.15) is 4.98 Å². The van der Waals surface area contributed by atoms with Gasteiger partial charge in [-0.1, -0.05) is 29.4 Å². The number of carbonyl (C=O) groups is 1. The third-order valence-corrected chi connectivity index (χ3v) is 5.39. The Labute approximate surface area is 154 Å². The van der Waals surface area contributed by atoms with Crippen LogP contribution in [0.3, 0.4) is 0 Å². The van der Waals surface area contributed by atoms with Crippen molar-refractivity contribution in [2.45, 2.75) is 24.2 Å². The van der Waals surface area contributed by atoms with E-state index in [1.165, 1.54) is 4.90 Å². The van der Waals surface area contributed by atoms with E-state index >= 15 is 0 Å². The number of nitrogens with one attached hydrogen (secondary N) is 1. The van der Waals surface area contributed by atoms with Crippen LogP contribution in [0, 0.1) is 0 Å². The molecule has 0 fully saturated rings. The largest absolute Gasteiger partial charge is 0.356 e. The first kappa shape index (κ1) is 17.7. The van der Waals surface area contributed by atoms with Crippen molar-refractivity contribution in [2.24, 2.45) is 0 Å². The average molecular weight is 374 g/mol. The fourth-order valence-electron chi connectivity index (χ4n) is 2.18. The fraction of sp³-hybridized carbons (Fsp3) is 0.278. The zero-order chi connectivity index (χ0) is 17.3. The number of benzene rings is 1. The van der Waals surface area contributed by atoms with Crippen LogP contribution < -0.4 is 5.32 Å². The molecule has 0 aliphatic heterocycles. The number of amides is 1. The van der Waals surface area contributed by atoms with E-state index in [0.29, 0.717) is 31.1 Å². The molecule has 130 valence electrons. The molecule has 2 heterocycles. The Morgan fingerprint density at radius 1 is 1.20 bits per heavy atom. The summed E-state index contributed by atoms with van der Waals surface area (Å²) in [5, 5.41) is 8.84. The van der Waals surface area contributed by atoms with Crippen molar-refractivity contribution in [1.82, 2.24) is 15.5 Å². The molecule has 0 radical (unpaired) electrons. The number of thiophene rings is 1. The van der Waals surface area contributed by atoms with Gasteiger partial charge in [0.15, 0.2) is 0 Å². The van der Waals surface area contributed by atoms with Crippen LogP contribution in [0.4, 0.5) is 0 Å². The Morgan fingerprint density at radius 3 is 2.88 bits per heavy atom. The lowest BCUT2D eigenvalue weighted by Crippen LogP contribution is -2.25. The number of hydrogen-bond donors (Lipinski definition) is 1. The Bertz CT molecular complexity index is 773. The number of carbonyl (C=O) groups excluding carboxylic acids is 1. The molecule has 0 bridgehead atoms. The topological polar surface area (TPSA) is 68.0 Å². The van der Waals surface area contributed by atoms with Crippen molar-refractivity contribution in [3.63, 3.8) is 0 Å². The molecule has 0 aliphatic rings. The van der Waals surface area contributed by atoms with Gasteiger partial charge < -0.3 is 9.84 Å². The lowest BCUT2D eigenvalue weighted by Gasteiger charge is -2.04. The van der Waals surface area contributed by atoms with E-state index in [0.717, 1.165) is 17.1 Å². The van der Waals surface area contributed by atoms with E-state index in [1.54, 1.807) is 23.1 Å². The normalized spacial score (nSPS) is 10.7. The summed E-state index contributed by atoms with van der Waals surface area (Å²) < 4.78 is 5.19. The molecule has 3 rings (SSSR count). The second-order valence-electron chi connectivity index (χ2n) is 5.35. The first-order chi connectivity index (χ1) is 12.3. The van der Waals surface area contributed by atoms with Gasteiger partial charge in [0.25, 0.3) is 0 Å². The number of aryl methyl sites for hydroxylation is 1. The van der Waals surface area contributed by atoms with Crippen LogP contribution in [0.2, 0.25) is 0 Å². The molecule has 7 heteroatoms. The number of thioether (sulfide) groups is 1. The van der Waals surface area contributed by atoms with Crippen molar-refractivity contribution in [3.8, 4) is 10.7 Å². The minimum atomic E-state index is 0.0144. The average Bonchev–Trinajstić information content (AvgIpc) is 3.32. The summed E-state index contributed by atoms with van der Waals surface area (Å²) in [5.74, 6) is 2.08.